The van der Waals surface area contributed by atoms with Gasteiger partial charge in [0.1, 0.15) is 11.2 Å². The van der Waals surface area contributed by atoms with Gasteiger partial charge in [-0.3, -0.25) is 0 Å². The normalized spacial score (nSPS) is 11.9. The summed E-state index contributed by atoms with van der Waals surface area (Å²) >= 11 is 1.81. The van der Waals surface area contributed by atoms with Gasteiger partial charge >= 0.3 is 0 Å². The fraction of sp³-hybridized carbons (Fsp3) is 0. The van der Waals surface area contributed by atoms with Crippen LogP contribution in [-0.4, -0.2) is 19.5 Å². The zero-order valence-electron chi connectivity index (χ0n) is 27.1. The molecule has 51 heavy (non-hydrogen) atoms. The number of rotatable bonds is 4. The molecule has 0 aliphatic rings. The topological polar surface area (TPSA) is 56.7 Å². The average Bonchev–Trinajstić information content (AvgIpc) is 3.88. The molecule has 0 amide bonds. The Hall–Kier alpha value is -6.63. The van der Waals surface area contributed by atoms with Crippen molar-refractivity contribution in [2.24, 2.45) is 0 Å². The molecule has 238 valence electrons. The standard InChI is InChI=1S/C45H26N4OS/c1-3-12-27(13-4-1)43-46-44(28-14-5-2-6-15-28)48-45(47-43)29-22-25-39-33(26-29)32-23-24-38-41(42(32)51-39)40-36(20-11-21-37(40)50-38)49-34-18-9-7-16-30(34)31-17-8-10-19-35(31)49/h1-26H. The Morgan fingerprint density at radius 3 is 1.69 bits per heavy atom. The third-order valence-electron chi connectivity index (χ3n) is 9.85. The molecule has 0 bridgehead atoms. The van der Waals surface area contributed by atoms with Crippen LogP contribution in [0.15, 0.2) is 162 Å². The Morgan fingerprint density at radius 2 is 1.02 bits per heavy atom. The summed E-state index contributed by atoms with van der Waals surface area (Å²) in [7, 11) is 0. The molecule has 0 spiro atoms. The molecule has 5 nitrogen and oxygen atoms in total. The van der Waals surface area contributed by atoms with Crippen LogP contribution in [0.3, 0.4) is 0 Å². The Balaban J connectivity index is 1.15. The summed E-state index contributed by atoms with van der Waals surface area (Å²) in [6, 6.07) is 54.8. The lowest BCUT2D eigenvalue weighted by Crippen LogP contribution is -2.00. The molecule has 0 aliphatic carbocycles. The van der Waals surface area contributed by atoms with Crippen molar-refractivity contribution in [2.45, 2.75) is 0 Å². The van der Waals surface area contributed by atoms with Crippen molar-refractivity contribution in [1.29, 1.82) is 0 Å². The van der Waals surface area contributed by atoms with Crippen LogP contribution >= 0.6 is 11.3 Å². The maximum atomic E-state index is 6.59. The Labute approximate surface area is 295 Å². The number of para-hydroxylation sites is 2. The van der Waals surface area contributed by atoms with E-state index >= 15 is 0 Å². The van der Waals surface area contributed by atoms with Gasteiger partial charge in [0.2, 0.25) is 0 Å². The third-order valence-corrected chi connectivity index (χ3v) is 11.1. The number of thiophene rings is 1. The van der Waals surface area contributed by atoms with Crippen LogP contribution < -0.4 is 0 Å². The minimum atomic E-state index is 0.646. The first-order valence-electron chi connectivity index (χ1n) is 16.9. The Kier molecular flexibility index (Phi) is 6.05. The molecule has 4 heterocycles. The molecule has 0 unspecified atom stereocenters. The SMILES string of the molecule is c1ccc(-c2nc(-c3ccccc3)nc(-c3ccc4sc5c(ccc6oc7cccc(-n8c9ccccc9c9ccccc98)c7c65)c4c3)n2)cc1. The molecular formula is C45H26N4OS. The molecule has 0 radical (unpaired) electrons. The predicted molar refractivity (Wildman–Crippen MR) is 211 cm³/mol. The van der Waals surface area contributed by atoms with E-state index in [-0.39, 0.29) is 0 Å². The smallest absolute Gasteiger partial charge is 0.164 e. The van der Waals surface area contributed by atoms with Gasteiger partial charge in [-0.25, -0.2) is 15.0 Å². The number of benzene rings is 7. The third kappa shape index (κ3) is 4.30. The molecule has 6 heteroatoms. The van der Waals surface area contributed by atoms with Crippen molar-refractivity contribution < 1.29 is 4.42 Å². The number of furan rings is 1. The minimum Gasteiger partial charge on any atom is -0.456 e. The van der Waals surface area contributed by atoms with Crippen molar-refractivity contribution in [3.63, 3.8) is 0 Å². The Morgan fingerprint density at radius 1 is 0.431 bits per heavy atom. The summed E-state index contributed by atoms with van der Waals surface area (Å²) in [5.74, 6) is 1.95. The Bertz CT molecular complexity index is 3030. The molecule has 0 fully saturated rings. The average molecular weight is 671 g/mol. The van der Waals surface area contributed by atoms with Crippen molar-refractivity contribution >= 4 is 75.3 Å². The first kappa shape index (κ1) is 28.2. The van der Waals surface area contributed by atoms with Crippen LogP contribution in [0.5, 0.6) is 0 Å². The van der Waals surface area contributed by atoms with E-state index in [0.29, 0.717) is 17.5 Å². The van der Waals surface area contributed by atoms with E-state index in [9.17, 15) is 0 Å². The molecule has 0 N–H and O–H groups in total. The van der Waals surface area contributed by atoms with Crippen LogP contribution in [0.4, 0.5) is 0 Å². The van der Waals surface area contributed by atoms with E-state index in [0.717, 1.165) is 44.3 Å². The van der Waals surface area contributed by atoms with Gasteiger partial charge in [0.15, 0.2) is 17.5 Å². The summed E-state index contributed by atoms with van der Waals surface area (Å²) < 4.78 is 11.4. The van der Waals surface area contributed by atoms with Gasteiger partial charge in [-0.1, -0.05) is 103 Å². The molecule has 0 saturated heterocycles. The molecule has 11 aromatic rings. The zero-order chi connectivity index (χ0) is 33.5. The first-order chi connectivity index (χ1) is 25.3. The fourth-order valence-electron chi connectivity index (χ4n) is 7.56. The summed E-state index contributed by atoms with van der Waals surface area (Å²) in [6.07, 6.45) is 0. The highest BCUT2D eigenvalue weighted by Crippen LogP contribution is 2.46. The summed E-state index contributed by atoms with van der Waals surface area (Å²) in [5.41, 5.74) is 8.08. The number of hydrogen-bond acceptors (Lipinski definition) is 5. The number of fused-ring (bicyclic) bond motifs is 10. The van der Waals surface area contributed by atoms with Crippen LogP contribution in [0.25, 0.3) is 104 Å². The molecule has 11 rings (SSSR count). The highest BCUT2D eigenvalue weighted by Gasteiger charge is 2.21. The second-order valence-electron chi connectivity index (χ2n) is 12.8. The van der Waals surface area contributed by atoms with Crippen LogP contribution in [0.2, 0.25) is 0 Å². The van der Waals surface area contributed by atoms with E-state index < -0.39 is 0 Å². The number of hydrogen-bond donors (Lipinski definition) is 0. The lowest BCUT2D eigenvalue weighted by atomic mass is 10.0. The zero-order valence-corrected chi connectivity index (χ0v) is 27.9. The molecule has 0 atom stereocenters. The van der Waals surface area contributed by atoms with Crippen molar-refractivity contribution in [3.05, 3.63) is 158 Å². The van der Waals surface area contributed by atoms with Crippen LogP contribution in [0.1, 0.15) is 0 Å². The first-order valence-corrected chi connectivity index (χ1v) is 17.8. The van der Waals surface area contributed by atoms with E-state index in [2.05, 4.69) is 102 Å². The number of aromatic nitrogens is 4. The maximum Gasteiger partial charge on any atom is 0.164 e. The summed E-state index contributed by atoms with van der Waals surface area (Å²) in [4.78, 5) is 14.9. The van der Waals surface area contributed by atoms with Gasteiger partial charge < -0.3 is 8.98 Å². The van der Waals surface area contributed by atoms with Gasteiger partial charge in [-0.2, -0.15) is 0 Å². The van der Waals surface area contributed by atoms with Gasteiger partial charge in [-0.15, -0.1) is 11.3 Å². The summed E-state index contributed by atoms with van der Waals surface area (Å²) in [6.45, 7) is 0. The second kappa shape index (κ2) is 10.9. The van der Waals surface area contributed by atoms with Crippen LogP contribution in [0, 0.1) is 0 Å². The minimum absolute atomic E-state index is 0.646. The fourth-order valence-corrected chi connectivity index (χ4v) is 8.79. The van der Waals surface area contributed by atoms with E-state index in [1.54, 1.807) is 11.3 Å². The van der Waals surface area contributed by atoms with Crippen molar-refractivity contribution in [1.82, 2.24) is 19.5 Å². The van der Waals surface area contributed by atoms with E-state index in [1.165, 1.54) is 42.0 Å². The van der Waals surface area contributed by atoms with E-state index in [1.807, 2.05) is 60.7 Å². The quantitative estimate of drug-likeness (QED) is 0.187. The van der Waals surface area contributed by atoms with Crippen molar-refractivity contribution in [3.8, 4) is 39.9 Å². The van der Waals surface area contributed by atoms with Gasteiger partial charge in [0.25, 0.3) is 0 Å². The van der Waals surface area contributed by atoms with Gasteiger partial charge in [0.05, 0.1) is 22.1 Å². The largest absolute Gasteiger partial charge is 0.456 e. The maximum absolute atomic E-state index is 6.59. The molecule has 0 aliphatic heterocycles. The van der Waals surface area contributed by atoms with Gasteiger partial charge in [0, 0.05) is 53.0 Å². The molecular weight excluding hydrogens is 645 g/mol. The van der Waals surface area contributed by atoms with E-state index in [4.69, 9.17) is 19.4 Å². The molecule has 7 aromatic carbocycles. The monoisotopic (exact) mass is 670 g/mol. The lowest BCUT2D eigenvalue weighted by Gasteiger charge is -2.09. The summed E-state index contributed by atoms with van der Waals surface area (Å²) in [5, 5.41) is 7.09. The lowest BCUT2D eigenvalue weighted by molar-refractivity contribution is 0.669. The highest BCUT2D eigenvalue weighted by molar-refractivity contribution is 7.26. The number of nitrogens with zero attached hydrogens (tertiary/aromatic N) is 4. The second-order valence-corrected chi connectivity index (χ2v) is 13.8. The highest BCUT2D eigenvalue weighted by atomic mass is 32.1. The molecule has 4 aromatic heterocycles. The van der Waals surface area contributed by atoms with Gasteiger partial charge in [-0.05, 0) is 54.6 Å². The van der Waals surface area contributed by atoms with Crippen LogP contribution in [-0.2, 0) is 0 Å². The molecule has 0 saturated carbocycles. The predicted octanol–water partition coefficient (Wildman–Crippen LogP) is 12.2. The van der Waals surface area contributed by atoms with Crippen molar-refractivity contribution in [2.75, 3.05) is 0 Å².